The average Bonchev–Trinajstić information content (AvgIpc) is 3.15. The Bertz CT molecular complexity index is 1020. The highest BCUT2D eigenvalue weighted by molar-refractivity contribution is 7.88. The van der Waals surface area contributed by atoms with Gasteiger partial charge in [0.25, 0.3) is 0 Å². The minimum Gasteiger partial charge on any atom is -0.213 e. The van der Waals surface area contributed by atoms with Gasteiger partial charge in [0.15, 0.2) is 10.8 Å². The number of hydrogen-bond donors (Lipinski definition) is 0. The molecule has 2 aromatic heterocycles. The van der Waals surface area contributed by atoms with Crippen molar-refractivity contribution in [2.75, 3.05) is 19.3 Å². The lowest BCUT2D eigenvalue weighted by Crippen LogP contribution is -2.37. The van der Waals surface area contributed by atoms with Crippen LogP contribution in [0.15, 0.2) is 24.3 Å². The van der Waals surface area contributed by atoms with E-state index in [9.17, 15) is 12.8 Å². The van der Waals surface area contributed by atoms with Crippen molar-refractivity contribution in [3.05, 3.63) is 35.9 Å². The summed E-state index contributed by atoms with van der Waals surface area (Å²) >= 11 is 1.29. The first-order valence-corrected chi connectivity index (χ1v) is 10.5. The number of hydrogen-bond acceptors (Lipinski definition) is 6. The van der Waals surface area contributed by atoms with Crippen LogP contribution in [0.25, 0.3) is 15.5 Å². The maximum absolute atomic E-state index is 14.0. The van der Waals surface area contributed by atoms with Gasteiger partial charge in [-0.3, -0.25) is 0 Å². The third kappa shape index (κ3) is 3.05. The lowest BCUT2D eigenvalue weighted by Gasteiger charge is -2.28. The van der Waals surface area contributed by atoms with E-state index in [4.69, 9.17) is 0 Å². The molecule has 1 aliphatic heterocycles. The Morgan fingerprint density at radius 3 is 2.60 bits per heavy atom. The molecule has 0 atom stereocenters. The maximum atomic E-state index is 14.0. The Balaban J connectivity index is 1.63. The molecule has 1 aromatic carbocycles. The average molecular weight is 381 g/mol. The van der Waals surface area contributed by atoms with Gasteiger partial charge in [-0.2, -0.15) is 9.61 Å². The van der Waals surface area contributed by atoms with Crippen molar-refractivity contribution in [2.24, 2.45) is 0 Å². The van der Waals surface area contributed by atoms with E-state index in [1.807, 2.05) is 0 Å². The Hall–Kier alpha value is -1.91. The van der Waals surface area contributed by atoms with Crippen LogP contribution in [-0.4, -0.2) is 51.9 Å². The van der Waals surface area contributed by atoms with Gasteiger partial charge in [-0.1, -0.05) is 23.5 Å². The first-order valence-electron chi connectivity index (χ1n) is 7.85. The normalized spacial score (nSPS) is 17.4. The molecular formula is C15H16FN5O2S2. The fraction of sp³-hybridized carbons (Fsp3) is 0.400. The van der Waals surface area contributed by atoms with E-state index >= 15 is 0 Å². The topological polar surface area (TPSA) is 80.5 Å². The highest BCUT2D eigenvalue weighted by Crippen LogP contribution is 2.32. The highest BCUT2D eigenvalue weighted by Gasteiger charge is 2.29. The van der Waals surface area contributed by atoms with Crippen LogP contribution in [0.5, 0.6) is 0 Å². The van der Waals surface area contributed by atoms with Crippen LogP contribution < -0.4 is 0 Å². The van der Waals surface area contributed by atoms with Crippen molar-refractivity contribution in [3.8, 4) is 10.6 Å². The second kappa shape index (κ2) is 6.11. The molecule has 0 bridgehead atoms. The molecular weight excluding hydrogens is 365 g/mol. The van der Waals surface area contributed by atoms with Crippen LogP contribution in [-0.2, 0) is 10.0 Å². The zero-order valence-electron chi connectivity index (χ0n) is 13.5. The summed E-state index contributed by atoms with van der Waals surface area (Å²) in [6, 6.07) is 6.49. The number of rotatable bonds is 3. The van der Waals surface area contributed by atoms with Gasteiger partial charge in [0.05, 0.1) is 6.26 Å². The Morgan fingerprint density at radius 1 is 1.20 bits per heavy atom. The Kier molecular flexibility index (Phi) is 4.05. The zero-order valence-corrected chi connectivity index (χ0v) is 15.1. The Morgan fingerprint density at radius 2 is 1.92 bits per heavy atom. The number of sulfonamides is 1. The second-order valence-electron chi connectivity index (χ2n) is 6.08. The lowest BCUT2D eigenvalue weighted by molar-refractivity contribution is 0.313. The SMILES string of the molecule is CS(=O)(=O)N1CCC(c2nnc3sc(-c4ccccc4F)nn23)CC1. The molecule has 0 spiro atoms. The number of piperidine rings is 1. The van der Waals surface area contributed by atoms with Gasteiger partial charge in [-0.25, -0.2) is 17.1 Å². The van der Waals surface area contributed by atoms with Gasteiger partial charge in [0.1, 0.15) is 5.82 Å². The molecule has 4 rings (SSSR count). The summed E-state index contributed by atoms with van der Waals surface area (Å²) < 4.78 is 40.4. The molecule has 3 aromatic rings. The molecule has 0 saturated carbocycles. The Labute approximate surface area is 148 Å². The maximum Gasteiger partial charge on any atom is 0.234 e. The van der Waals surface area contributed by atoms with E-state index in [-0.39, 0.29) is 11.7 Å². The molecule has 0 N–H and O–H groups in total. The number of nitrogens with zero attached hydrogens (tertiary/aromatic N) is 5. The van der Waals surface area contributed by atoms with Crippen LogP contribution in [0.3, 0.4) is 0 Å². The third-order valence-electron chi connectivity index (χ3n) is 4.41. The van der Waals surface area contributed by atoms with Crippen LogP contribution >= 0.6 is 11.3 Å². The van der Waals surface area contributed by atoms with Crippen molar-refractivity contribution in [2.45, 2.75) is 18.8 Å². The fourth-order valence-corrected chi connectivity index (χ4v) is 4.82. The van der Waals surface area contributed by atoms with Crippen LogP contribution in [0.1, 0.15) is 24.6 Å². The number of aromatic nitrogens is 4. The summed E-state index contributed by atoms with van der Waals surface area (Å²) in [4.78, 5) is 0.610. The van der Waals surface area contributed by atoms with E-state index in [0.717, 1.165) is 0 Å². The van der Waals surface area contributed by atoms with Crippen LogP contribution in [0, 0.1) is 5.82 Å². The van der Waals surface area contributed by atoms with E-state index in [1.165, 1.54) is 28.0 Å². The van der Waals surface area contributed by atoms with Gasteiger partial charge >= 0.3 is 0 Å². The van der Waals surface area contributed by atoms with E-state index in [1.54, 1.807) is 22.7 Å². The van der Waals surface area contributed by atoms with Crippen molar-refractivity contribution in [1.29, 1.82) is 0 Å². The summed E-state index contributed by atoms with van der Waals surface area (Å²) in [5.41, 5.74) is 0.441. The number of fused-ring (bicyclic) bond motifs is 1. The first kappa shape index (κ1) is 16.6. The van der Waals surface area contributed by atoms with Gasteiger partial charge in [0, 0.05) is 24.6 Å². The predicted octanol–water partition coefficient (Wildman–Crippen LogP) is 2.13. The highest BCUT2D eigenvalue weighted by atomic mass is 32.2. The smallest absolute Gasteiger partial charge is 0.213 e. The van der Waals surface area contributed by atoms with Gasteiger partial charge < -0.3 is 0 Å². The molecule has 1 fully saturated rings. The molecule has 1 aliphatic rings. The van der Waals surface area contributed by atoms with E-state index in [0.29, 0.717) is 47.3 Å². The fourth-order valence-electron chi connectivity index (χ4n) is 3.08. The summed E-state index contributed by atoms with van der Waals surface area (Å²) in [6.07, 6.45) is 2.56. The summed E-state index contributed by atoms with van der Waals surface area (Å²) in [6.45, 7) is 0.922. The molecule has 10 heteroatoms. The van der Waals surface area contributed by atoms with Gasteiger partial charge in [-0.05, 0) is 25.0 Å². The largest absolute Gasteiger partial charge is 0.234 e. The van der Waals surface area contributed by atoms with E-state index < -0.39 is 10.0 Å². The number of halogens is 1. The summed E-state index contributed by atoms with van der Waals surface area (Å²) in [7, 11) is -3.16. The minimum absolute atomic E-state index is 0.0866. The van der Waals surface area contributed by atoms with Crippen molar-refractivity contribution in [3.63, 3.8) is 0 Å². The van der Waals surface area contributed by atoms with Crippen LogP contribution in [0.2, 0.25) is 0 Å². The van der Waals surface area contributed by atoms with Gasteiger partial charge in [0.2, 0.25) is 15.0 Å². The molecule has 0 amide bonds. The van der Waals surface area contributed by atoms with Crippen LogP contribution in [0.4, 0.5) is 4.39 Å². The predicted molar refractivity (Wildman–Crippen MR) is 92.4 cm³/mol. The zero-order chi connectivity index (χ0) is 17.6. The molecule has 7 nitrogen and oxygen atoms in total. The molecule has 132 valence electrons. The monoisotopic (exact) mass is 381 g/mol. The molecule has 0 aliphatic carbocycles. The quantitative estimate of drug-likeness (QED) is 0.694. The summed E-state index contributed by atoms with van der Waals surface area (Å²) in [5, 5.41) is 13.4. The second-order valence-corrected chi connectivity index (χ2v) is 9.01. The first-order chi connectivity index (χ1) is 11.9. The minimum atomic E-state index is -3.16. The number of benzene rings is 1. The molecule has 0 unspecified atom stereocenters. The van der Waals surface area contributed by atoms with E-state index in [2.05, 4.69) is 15.3 Å². The molecule has 0 radical (unpaired) electrons. The third-order valence-corrected chi connectivity index (χ3v) is 6.64. The van der Waals surface area contributed by atoms with Crippen molar-refractivity contribution in [1.82, 2.24) is 24.1 Å². The standard InChI is InChI=1S/C15H16FN5O2S2/c1-25(22,23)20-8-6-10(7-9-20)13-17-18-15-21(13)19-14(24-15)11-4-2-3-5-12(11)16/h2-5,10H,6-9H2,1H3. The summed E-state index contributed by atoms with van der Waals surface area (Å²) in [5.74, 6) is 0.473. The molecule has 25 heavy (non-hydrogen) atoms. The molecule has 1 saturated heterocycles. The van der Waals surface area contributed by atoms with Crippen molar-refractivity contribution >= 4 is 26.3 Å². The molecule has 3 heterocycles. The lowest BCUT2D eigenvalue weighted by atomic mass is 9.97. The van der Waals surface area contributed by atoms with Crippen molar-refractivity contribution < 1.29 is 12.8 Å². The van der Waals surface area contributed by atoms with Gasteiger partial charge in [-0.15, -0.1) is 10.2 Å².